The topological polar surface area (TPSA) is 98.7 Å². The summed E-state index contributed by atoms with van der Waals surface area (Å²) in [4.78, 5) is 22.1. The summed E-state index contributed by atoms with van der Waals surface area (Å²) in [5, 5.41) is 4.54. The molecule has 182 valence electrons. The fourth-order valence-corrected chi connectivity index (χ4v) is 5.19. The number of rotatable bonds is 6. The molecular formula is C26H30N6O3. The Hall–Kier alpha value is -3.27. The van der Waals surface area contributed by atoms with Crippen molar-refractivity contribution in [3.05, 3.63) is 53.3 Å². The lowest BCUT2D eigenvalue weighted by atomic mass is 10.0. The van der Waals surface area contributed by atoms with Crippen LogP contribution in [0.3, 0.4) is 0 Å². The molecule has 1 amide bonds. The van der Waals surface area contributed by atoms with Crippen LogP contribution in [0.2, 0.25) is 0 Å². The lowest BCUT2D eigenvalue weighted by Gasteiger charge is -2.29. The number of hydrogen-bond donors (Lipinski definition) is 1. The van der Waals surface area contributed by atoms with Crippen LogP contribution in [0.1, 0.15) is 21.5 Å². The standard InChI is InChI=1S/C26H30N6O3/c27-26(33)23-15-24(19-16-28-32(17-19)4-3-30-5-9-34-10-6-30)29-25-21-2-1-20(13-18(21)14-22(23)25)31-7-11-35-12-8-31/h1-2,13,15-17H,3-12,14H2,(H2,27,33). The van der Waals surface area contributed by atoms with Crippen molar-refractivity contribution in [1.29, 1.82) is 0 Å². The first-order valence-corrected chi connectivity index (χ1v) is 12.3. The van der Waals surface area contributed by atoms with Gasteiger partial charge in [0.15, 0.2) is 0 Å². The van der Waals surface area contributed by atoms with Crippen LogP contribution >= 0.6 is 0 Å². The highest BCUT2D eigenvalue weighted by Crippen LogP contribution is 2.40. The molecule has 0 atom stereocenters. The second kappa shape index (κ2) is 9.41. The molecule has 1 aliphatic carbocycles. The third-order valence-corrected chi connectivity index (χ3v) is 7.16. The number of nitrogens with zero attached hydrogens (tertiary/aromatic N) is 5. The molecule has 35 heavy (non-hydrogen) atoms. The van der Waals surface area contributed by atoms with Gasteiger partial charge in [-0.1, -0.05) is 6.07 Å². The lowest BCUT2D eigenvalue weighted by molar-refractivity contribution is 0.0360. The van der Waals surface area contributed by atoms with E-state index in [1.807, 2.05) is 23.1 Å². The smallest absolute Gasteiger partial charge is 0.249 e. The average molecular weight is 475 g/mol. The summed E-state index contributed by atoms with van der Waals surface area (Å²) in [6.45, 7) is 8.46. The van der Waals surface area contributed by atoms with Crippen LogP contribution in [0.15, 0.2) is 36.7 Å². The molecule has 4 heterocycles. The Balaban J connectivity index is 1.28. The molecule has 2 saturated heterocycles. The molecule has 0 unspecified atom stereocenters. The summed E-state index contributed by atoms with van der Waals surface area (Å²) >= 11 is 0. The van der Waals surface area contributed by atoms with Crippen molar-refractivity contribution in [2.45, 2.75) is 13.0 Å². The molecule has 9 heteroatoms. The number of ether oxygens (including phenoxy) is 2. The van der Waals surface area contributed by atoms with Crippen LogP contribution in [0.5, 0.6) is 0 Å². The zero-order valence-corrected chi connectivity index (χ0v) is 19.8. The highest BCUT2D eigenvalue weighted by Gasteiger charge is 2.27. The number of morpholine rings is 2. The first kappa shape index (κ1) is 22.2. The highest BCUT2D eigenvalue weighted by molar-refractivity contribution is 5.98. The van der Waals surface area contributed by atoms with E-state index >= 15 is 0 Å². The Morgan fingerprint density at radius 2 is 1.77 bits per heavy atom. The number of primary amides is 1. The van der Waals surface area contributed by atoms with E-state index in [0.29, 0.717) is 12.0 Å². The number of benzene rings is 1. The van der Waals surface area contributed by atoms with Gasteiger partial charge in [0.25, 0.3) is 0 Å². The van der Waals surface area contributed by atoms with E-state index in [9.17, 15) is 4.79 Å². The van der Waals surface area contributed by atoms with Crippen LogP contribution in [0.25, 0.3) is 22.5 Å². The molecule has 6 rings (SSSR count). The third-order valence-electron chi connectivity index (χ3n) is 7.16. The van der Waals surface area contributed by atoms with Gasteiger partial charge in [0.2, 0.25) is 5.91 Å². The van der Waals surface area contributed by atoms with Gasteiger partial charge in [-0.05, 0) is 29.3 Å². The summed E-state index contributed by atoms with van der Waals surface area (Å²) in [5.41, 5.74) is 13.2. The summed E-state index contributed by atoms with van der Waals surface area (Å²) in [6.07, 6.45) is 4.47. The molecule has 0 bridgehead atoms. The summed E-state index contributed by atoms with van der Waals surface area (Å²) in [7, 11) is 0. The number of nitrogens with two attached hydrogens (primary N) is 1. The van der Waals surface area contributed by atoms with Crippen molar-refractivity contribution in [3.63, 3.8) is 0 Å². The second-order valence-corrected chi connectivity index (χ2v) is 9.31. The van der Waals surface area contributed by atoms with Gasteiger partial charge in [-0.2, -0.15) is 5.10 Å². The van der Waals surface area contributed by atoms with Crippen molar-refractivity contribution < 1.29 is 14.3 Å². The molecule has 2 aliphatic heterocycles. The van der Waals surface area contributed by atoms with Crippen LogP contribution in [-0.4, -0.2) is 84.7 Å². The third kappa shape index (κ3) is 4.42. The Labute approximate surface area is 204 Å². The molecule has 0 saturated carbocycles. The maximum absolute atomic E-state index is 12.4. The SMILES string of the molecule is NC(=O)c1cc(-c2cnn(CCN3CCOCC3)c2)nc2c1Cc1cc(N3CCOCC3)ccc1-2. The van der Waals surface area contributed by atoms with Gasteiger partial charge < -0.3 is 20.1 Å². The summed E-state index contributed by atoms with van der Waals surface area (Å²) < 4.78 is 12.9. The van der Waals surface area contributed by atoms with Crippen LogP contribution < -0.4 is 10.6 Å². The van der Waals surface area contributed by atoms with Gasteiger partial charge in [-0.3, -0.25) is 14.4 Å². The van der Waals surface area contributed by atoms with E-state index in [2.05, 4.69) is 33.1 Å². The quantitative estimate of drug-likeness (QED) is 0.455. The molecule has 0 spiro atoms. The molecule has 0 radical (unpaired) electrons. The van der Waals surface area contributed by atoms with Crippen LogP contribution in [0.4, 0.5) is 5.69 Å². The lowest BCUT2D eigenvalue weighted by Crippen LogP contribution is -2.38. The number of pyridine rings is 1. The summed E-state index contributed by atoms with van der Waals surface area (Å²) in [5.74, 6) is -0.425. The zero-order chi connectivity index (χ0) is 23.8. The normalized spacial score (nSPS) is 17.9. The minimum absolute atomic E-state index is 0.425. The van der Waals surface area contributed by atoms with E-state index < -0.39 is 5.91 Å². The summed E-state index contributed by atoms with van der Waals surface area (Å²) in [6, 6.07) is 8.30. The van der Waals surface area contributed by atoms with Gasteiger partial charge in [0.1, 0.15) is 0 Å². The van der Waals surface area contributed by atoms with E-state index in [1.165, 1.54) is 11.3 Å². The monoisotopic (exact) mass is 474 g/mol. The molecule has 2 fully saturated rings. The number of amides is 1. The van der Waals surface area contributed by atoms with Crippen molar-refractivity contribution in [2.75, 3.05) is 64.1 Å². The Kier molecular flexibility index (Phi) is 5.97. The van der Waals surface area contributed by atoms with Crippen molar-refractivity contribution in [2.24, 2.45) is 5.73 Å². The van der Waals surface area contributed by atoms with Gasteiger partial charge in [-0.25, -0.2) is 4.98 Å². The zero-order valence-electron chi connectivity index (χ0n) is 19.8. The number of fused-ring (bicyclic) bond motifs is 3. The van der Waals surface area contributed by atoms with Crippen LogP contribution in [-0.2, 0) is 22.4 Å². The predicted octanol–water partition coefficient (Wildman–Crippen LogP) is 1.78. The van der Waals surface area contributed by atoms with E-state index in [4.69, 9.17) is 20.2 Å². The first-order chi connectivity index (χ1) is 17.2. The fourth-order valence-electron chi connectivity index (χ4n) is 5.19. The maximum Gasteiger partial charge on any atom is 0.249 e. The molecule has 2 aromatic heterocycles. The first-order valence-electron chi connectivity index (χ1n) is 12.3. The Morgan fingerprint density at radius 3 is 2.54 bits per heavy atom. The predicted molar refractivity (Wildman–Crippen MR) is 133 cm³/mol. The van der Waals surface area contributed by atoms with Gasteiger partial charge in [-0.15, -0.1) is 0 Å². The van der Waals surface area contributed by atoms with E-state index in [1.54, 1.807) is 0 Å². The average Bonchev–Trinajstić information content (AvgIpc) is 3.52. The molecular weight excluding hydrogens is 444 g/mol. The minimum atomic E-state index is -0.425. The van der Waals surface area contributed by atoms with Crippen molar-refractivity contribution in [3.8, 4) is 22.5 Å². The molecule has 9 nitrogen and oxygen atoms in total. The minimum Gasteiger partial charge on any atom is -0.379 e. The largest absolute Gasteiger partial charge is 0.379 e. The number of carbonyl (C=O) groups excluding carboxylic acids is 1. The van der Waals surface area contributed by atoms with E-state index in [0.717, 1.165) is 93.8 Å². The fraction of sp³-hybridized carbons (Fsp3) is 0.423. The number of hydrogen-bond acceptors (Lipinski definition) is 7. The van der Waals surface area contributed by atoms with Crippen molar-refractivity contribution >= 4 is 11.6 Å². The Morgan fingerprint density at radius 1 is 1.00 bits per heavy atom. The second-order valence-electron chi connectivity index (χ2n) is 9.31. The van der Waals surface area contributed by atoms with Gasteiger partial charge >= 0.3 is 0 Å². The van der Waals surface area contributed by atoms with E-state index in [-0.39, 0.29) is 0 Å². The van der Waals surface area contributed by atoms with Gasteiger partial charge in [0, 0.05) is 67.7 Å². The van der Waals surface area contributed by atoms with Crippen molar-refractivity contribution in [1.82, 2.24) is 19.7 Å². The molecule has 3 aliphatic rings. The maximum atomic E-state index is 12.4. The van der Waals surface area contributed by atoms with Gasteiger partial charge in [0.05, 0.1) is 50.6 Å². The number of carbonyl (C=O) groups is 1. The molecule has 1 aromatic carbocycles. The number of anilines is 1. The number of aromatic nitrogens is 3. The molecule has 2 N–H and O–H groups in total. The highest BCUT2D eigenvalue weighted by atomic mass is 16.5. The Bertz CT molecular complexity index is 1240. The van der Waals surface area contributed by atoms with Crippen LogP contribution in [0, 0.1) is 0 Å². The molecule has 3 aromatic rings.